The van der Waals surface area contributed by atoms with Gasteiger partial charge in [-0.2, -0.15) is 4.98 Å². The predicted octanol–water partition coefficient (Wildman–Crippen LogP) is 1.01. The first-order chi connectivity index (χ1) is 10.1. The number of nitrogens with zero attached hydrogens (tertiary/aromatic N) is 4. The maximum absolute atomic E-state index is 5.91. The lowest BCUT2D eigenvalue weighted by Gasteiger charge is -2.46. The number of anilines is 1. The van der Waals surface area contributed by atoms with Crippen molar-refractivity contribution in [2.75, 3.05) is 45.3 Å². The van der Waals surface area contributed by atoms with Gasteiger partial charge < -0.3 is 14.4 Å². The van der Waals surface area contributed by atoms with Gasteiger partial charge in [-0.25, -0.2) is 4.98 Å². The molecule has 0 aromatic carbocycles. The molecule has 2 saturated heterocycles. The standard InChI is InChI=1S/C15H24N4O2/c1-10-14(16-11(2)17-15(10)20-4)19-6-5-13-12(9-19)18(3)7-8-21-13/h12-13H,5-9H2,1-4H3/t12-,13+/m0/s1. The van der Waals surface area contributed by atoms with Crippen LogP contribution in [0.2, 0.25) is 0 Å². The molecule has 2 atom stereocenters. The molecule has 6 nitrogen and oxygen atoms in total. The van der Waals surface area contributed by atoms with E-state index in [4.69, 9.17) is 9.47 Å². The highest BCUT2D eigenvalue weighted by atomic mass is 16.5. The summed E-state index contributed by atoms with van der Waals surface area (Å²) in [5.74, 6) is 2.42. The highest BCUT2D eigenvalue weighted by molar-refractivity contribution is 5.51. The average molecular weight is 292 g/mol. The van der Waals surface area contributed by atoms with Crippen LogP contribution in [0.25, 0.3) is 0 Å². The van der Waals surface area contributed by atoms with Crippen molar-refractivity contribution in [2.45, 2.75) is 32.4 Å². The van der Waals surface area contributed by atoms with Crippen LogP contribution in [0.5, 0.6) is 5.88 Å². The van der Waals surface area contributed by atoms with Crippen LogP contribution in [-0.2, 0) is 4.74 Å². The number of morpholine rings is 1. The number of aryl methyl sites for hydroxylation is 1. The van der Waals surface area contributed by atoms with Crippen LogP contribution in [0.4, 0.5) is 5.82 Å². The Morgan fingerprint density at radius 3 is 2.81 bits per heavy atom. The van der Waals surface area contributed by atoms with Crippen LogP contribution >= 0.6 is 0 Å². The van der Waals surface area contributed by atoms with Gasteiger partial charge in [0.2, 0.25) is 5.88 Å². The molecule has 6 heteroatoms. The monoisotopic (exact) mass is 292 g/mol. The van der Waals surface area contributed by atoms with E-state index in [2.05, 4.69) is 26.8 Å². The predicted molar refractivity (Wildman–Crippen MR) is 81.0 cm³/mol. The van der Waals surface area contributed by atoms with Crippen LogP contribution in [0.1, 0.15) is 17.8 Å². The number of likely N-dealkylation sites (N-methyl/N-ethyl adjacent to an activating group) is 1. The van der Waals surface area contributed by atoms with Gasteiger partial charge in [0.25, 0.3) is 0 Å². The Bertz CT molecular complexity index is 523. The molecule has 0 N–H and O–H groups in total. The van der Waals surface area contributed by atoms with E-state index < -0.39 is 0 Å². The third-order valence-corrected chi connectivity index (χ3v) is 4.54. The Morgan fingerprint density at radius 1 is 1.24 bits per heavy atom. The zero-order valence-electron chi connectivity index (χ0n) is 13.3. The lowest BCUT2D eigenvalue weighted by atomic mass is 9.99. The first kappa shape index (κ1) is 14.5. The maximum atomic E-state index is 5.91. The fraction of sp³-hybridized carbons (Fsp3) is 0.733. The lowest BCUT2D eigenvalue weighted by Crippen LogP contribution is -2.59. The van der Waals surface area contributed by atoms with Crippen molar-refractivity contribution in [1.29, 1.82) is 0 Å². The third-order valence-electron chi connectivity index (χ3n) is 4.54. The first-order valence-corrected chi connectivity index (χ1v) is 7.56. The molecule has 3 rings (SSSR count). The minimum atomic E-state index is 0.352. The zero-order valence-corrected chi connectivity index (χ0v) is 13.3. The summed E-state index contributed by atoms with van der Waals surface area (Å²) >= 11 is 0. The average Bonchev–Trinajstić information content (AvgIpc) is 2.49. The third kappa shape index (κ3) is 2.70. The van der Waals surface area contributed by atoms with Crippen molar-refractivity contribution in [3.05, 3.63) is 11.4 Å². The molecule has 0 unspecified atom stereocenters. The Balaban J connectivity index is 1.86. The molecule has 0 aliphatic carbocycles. The fourth-order valence-corrected chi connectivity index (χ4v) is 3.33. The highest BCUT2D eigenvalue weighted by Gasteiger charge is 2.36. The van der Waals surface area contributed by atoms with E-state index in [1.54, 1.807) is 7.11 Å². The van der Waals surface area contributed by atoms with E-state index >= 15 is 0 Å². The Kier molecular flexibility index (Phi) is 3.99. The highest BCUT2D eigenvalue weighted by Crippen LogP contribution is 2.30. The first-order valence-electron chi connectivity index (χ1n) is 7.56. The number of methoxy groups -OCH3 is 1. The van der Waals surface area contributed by atoms with Crippen molar-refractivity contribution in [3.8, 4) is 5.88 Å². The van der Waals surface area contributed by atoms with E-state index in [-0.39, 0.29) is 0 Å². The van der Waals surface area contributed by atoms with Gasteiger partial charge in [-0.15, -0.1) is 0 Å². The summed E-state index contributed by atoms with van der Waals surface area (Å²) in [5, 5.41) is 0. The van der Waals surface area contributed by atoms with Crippen LogP contribution in [0, 0.1) is 13.8 Å². The maximum Gasteiger partial charge on any atom is 0.221 e. The molecular formula is C15H24N4O2. The van der Waals surface area contributed by atoms with Crippen molar-refractivity contribution >= 4 is 5.82 Å². The van der Waals surface area contributed by atoms with Gasteiger partial charge in [0, 0.05) is 19.6 Å². The van der Waals surface area contributed by atoms with Crippen molar-refractivity contribution in [3.63, 3.8) is 0 Å². The molecule has 2 aliphatic heterocycles. The molecule has 0 radical (unpaired) electrons. The van der Waals surface area contributed by atoms with Gasteiger partial charge in [-0.05, 0) is 27.3 Å². The molecule has 2 aliphatic rings. The number of aromatic nitrogens is 2. The second-order valence-corrected chi connectivity index (χ2v) is 5.92. The number of rotatable bonds is 2. The number of hydrogen-bond acceptors (Lipinski definition) is 6. The Morgan fingerprint density at radius 2 is 2.05 bits per heavy atom. The van der Waals surface area contributed by atoms with E-state index in [0.717, 1.165) is 49.9 Å². The smallest absolute Gasteiger partial charge is 0.221 e. The van der Waals surface area contributed by atoms with Crippen LogP contribution in [-0.4, -0.2) is 67.4 Å². The summed E-state index contributed by atoms with van der Waals surface area (Å²) in [6.45, 7) is 7.70. The second kappa shape index (κ2) is 5.77. The number of fused-ring (bicyclic) bond motifs is 1. The summed E-state index contributed by atoms with van der Waals surface area (Å²) in [4.78, 5) is 13.7. The number of piperidine rings is 1. The molecular weight excluding hydrogens is 268 g/mol. The van der Waals surface area contributed by atoms with Crippen LogP contribution < -0.4 is 9.64 Å². The minimum absolute atomic E-state index is 0.352. The van der Waals surface area contributed by atoms with E-state index in [9.17, 15) is 0 Å². The van der Waals surface area contributed by atoms with Gasteiger partial charge in [-0.1, -0.05) is 0 Å². The van der Waals surface area contributed by atoms with Crippen molar-refractivity contribution in [2.24, 2.45) is 0 Å². The molecule has 116 valence electrons. The quantitative estimate of drug-likeness (QED) is 0.811. The largest absolute Gasteiger partial charge is 0.481 e. The molecule has 0 saturated carbocycles. The van der Waals surface area contributed by atoms with Gasteiger partial charge in [-0.3, -0.25) is 4.90 Å². The Labute approximate surface area is 126 Å². The SMILES string of the molecule is COc1nc(C)nc(N2CC[C@H]3OCCN(C)[C@H]3C2)c1C. The molecule has 0 bridgehead atoms. The molecule has 1 aromatic heterocycles. The van der Waals surface area contributed by atoms with Gasteiger partial charge in [0.1, 0.15) is 11.6 Å². The van der Waals surface area contributed by atoms with Crippen LogP contribution in [0.15, 0.2) is 0 Å². The number of hydrogen-bond donors (Lipinski definition) is 0. The fourth-order valence-electron chi connectivity index (χ4n) is 3.33. The van der Waals surface area contributed by atoms with E-state index in [1.165, 1.54) is 0 Å². The zero-order chi connectivity index (χ0) is 15.0. The molecule has 1 aromatic rings. The molecule has 0 amide bonds. The summed E-state index contributed by atoms with van der Waals surface area (Å²) in [6.07, 6.45) is 1.39. The van der Waals surface area contributed by atoms with Crippen molar-refractivity contribution in [1.82, 2.24) is 14.9 Å². The minimum Gasteiger partial charge on any atom is -0.481 e. The van der Waals surface area contributed by atoms with E-state index in [0.29, 0.717) is 18.0 Å². The second-order valence-electron chi connectivity index (χ2n) is 5.92. The molecule has 2 fully saturated rings. The van der Waals surface area contributed by atoms with Gasteiger partial charge in [0.15, 0.2) is 0 Å². The van der Waals surface area contributed by atoms with Crippen molar-refractivity contribution < 1.29 is 9.47 Å². The lowest BCUT2D eigenvalue weighted by molar-refractivity contribution is -0.0688. The van der Waals surface area contributed by atoms with Gasteiger partial charge in [0.05, 0.1) is 31.4 Å². The summed E-state index contributed by atoms with van der Waals surface area (Å²) in [7, 11) is 3.84. The summed E-state index contributed by atoms with van der Waals surface area (Å²) in [6, 6.07) is 0.438. The molecule has 21 heavy (non-hydrogen) atoms. The molecule has 3 heterocycles. The molecule has 0 spiro atoms. The Hall–Kier alpha value is -1.40. The summed E-state index contributed by atoms with van der Waals surface area (Å²) in [5.41, 5.74) is 1.01. The number of ether oxygens (including phenoxy) is 2. The summed E-state index contributed by atoms with van der Waals surface area (Å²) < 4.78 is 11.3. The topological polar surface area (TPSA) is 50.7 Å². The van der Waals surface area contributed by atoms with E-state index in [1.807, 2.05) is 13.8 Å². The van der Waals surface area contributed by atoms with Gasteiger partial charge >= 0.3 is 0 Å². The normalized spacial score (nSPS) is 26.6. The van der Waals surface area contributed by atoms with Crippen LogP contribution in [0.3, 0.4) is 0 Å².